The molecule has 2 aromatic carbocycles. The van der Waals surface area contributed by atoms with Crippen molar-refractivity contribution in [1.29, 1.82) is 0 Å². The Morgan fingerprint density at radius 3 is 2.31 bits per heavy atom. The average molecular weight is 395 g/mol. The summed E-state index contributed by atoms with van der Waals surface area (Å²) in [6.07, 6.45) is 0.0610. The molecule has 2 amide bonds. The third kappa shape index (κ3) is 6.66. The highest BCUT2D eigenvalue weighted by atomic mass is 35.5. The highest BCUT2D eigenvalue weighted by Crippen LogP contribution is 2.09. The maximum Gasteiger partial charge on any atom is 0.251 e. The molecule has 0 aromatic heterocycles. The summed E-state index contributed by atoms with van der Waals surface area (Å²) < 4.78 is 12.8. The smallest absolute Gasteiger partial charge is 0.251 e. The van der Waals surface area contributed by atoms with E-state index in [0.29, 0.717) is 16.3 Å². The van der Waals surface area contributed by atoms with Gasteiger partial charge in [-0.3, -0.25) is 20.4 Å². The van der Waals surface area contributed by atoms with Crippen LogP contribution in [0.25, 0.3) is 0 Å². The first-order valence-electron chi connectivity index (χ1n) is 7.59. The topological polar surface area (TPSA) is 82.3 Å². The fraction of sp³-hybridized carbons (Fsp3) is 0.118. The van der Waals surface area contributed by atoms with Crippen molar-refractivity contribution in [3.8, 4) is 0 Å². The molecule has 0 aliphatic carbocycles. The van der Waals surface area contributed by atoms with E-state index in [1.54, 1.807) is 24.3 Å². The molecule has 136 valence electrons. The van der Waals surface area contributed by atoms with Gasteiger partial charge in [-0.2, -0.15) is 0 Å². The normalized spacial score (nSPS) is 9.92. The van der Waals surface area contributed by atoms with Gasteiger partial charge in [-0.1, -0.05) is 11.6 Å². The molecule has 2 aromatic rings. The van der Waals surface area contributed by atoms with Crippen LogP contribution in [0.5, 0.6) is 0 Å². The van der Waals surface area contributed by atoms with Gasteiger partial charge in [0.25, 0.3) is 5.91 Å². The monoisotopic (exact) mass is 394 g/mol. The predicted molar refractivity (Wildman–Crippen MR) is 102 cm³/mol. The number of rotatable bonds is 5. The van der Waals surface area contributed by atoms with Crippen LogP contribution in [0.1, 0.15) is 16.8 Å². The Morgan fingerprint density at radius 1 is 1.00 bits per heavy atom. The lowest BCUT2D eigenvalue weighted by Gasteiger charge is -2.12. The quantitative estimate of drug-likeness (QED) is 0.463. The second-order valence-electron chi connectivity index (χ2n) is 5.15. The largest absolute Gasteiger partial charge is 0.352 e. The maximum atomic E-state index is 12.8. The molecular weight excluding hydrogens is 379 g/mol. The third-order valence-corrected chi connectivity index (χ3v) is 3.62. The van der Waals surface area contributed by atoms with Crippen LogP contribution in [0, 0.1) is 5.82 Å². The van der Waals surface area contributed by atoms with Crippen LogP contribution in [0.2, 0.25) is 5.02 Å². The molecule has 0 aliphatic heterocycles. The highest BCUT2D eigenvalue weighted by Gasteiger charge is 2.07. The molecule has 0 heterocycles. The van der Waals surface area contributed by atoms with Gasteiger partial charge in [0.2, 0.25) is 5.91 Å². The summed E-state index contributed by atoms with van der Waals surface area (Å²) in [6.45, 7) is 0.160. The van der Waals surface area contributed by atoms with E-state index in [1.807, 2.05) is 0 Å². The number of nitrogens with one attached hydrogen (secondary N) is 4. The van der Waals surface area contributed by atoms with Crippen LogP contribution >= 0.6 is 23.8 Å². The van der Waals surface area contributed by atoms with Crippen molar-refractivity contribution in [3.05, 3.63) is 64.9 Å². The molecule has 2 rings (SSSR count). The Balaban J connectivity index is 1.65. The fourth-order valence-electron chi connectivity index (χ4n) is 1.88. The van der Waals surface area contributed by atoms with Gasteiger partial charge in [0.1, 0.15) is 5.82 Å². The van der Waals surface area contributed by atoms with E-state index in [2.05, 4.69) is 21.5 Å². The van der Waals surface area contributed by atoms with Crippen LogP contribution in [0.4, 0.5) is 10.1 Å². The van der Waals surface area contributed by atoms with Crippen molar-refractivity contribution in [2.45, 2.75) is 6.42 Å². The minimum Gasteiger partial charge on any atom is -0.352 e. The second-order valence-corrected chi connectivity index (χ2v) is 5.99. The van der Waals surface area contributed by atoms with Crippen molar-refractivity contribution in [2.75, 3.05) is 11.9 Å². The summed E-state index contributed by atoms with van der Waals surface area (Å²) in [6, 6.07) is 12.0. The first kappa shape index (κ1) is 19.6. The van der Waals surface area contributed by atoms with Crippen molar-refractivity contribution < 1.29 is 14.0 Å². The Labute approximate surface area is 160 Å². The minimum atomic E-state index is -0.358. The highest BCUT2D eigenvalue weighted by molar-refractivity contribution is 7.80. The van der Waals surface area contributed by atoms with Gasteiger partial charge in [-0.25, -0.2) is 4.39 Å². The van der Waals surface area contributed by atoms with Gasteiger partial charge >= 0.3 is 0 Å². The molecule has 0 aliphatic rings. The maximum absolute atomic E-state index is 12.8. The zero-order valence-corrected chi connectivity index (χ0v) is 15.1. The molecule has 0 saturated heterocycles. The first-order valence-corrected chi connectivity index (χ1v) is 8.38. The Hall–Kier alpha value is -2.71. The zero-order chi connectivity index (χ0) is 18.9. The van der Waals surface area contributed by atoms with Crippen molar-refractivity contribution in [3.63, 3.8) is 0 Å². The molecule has 0 bridgehead atoms. The van der Waals surface area contributed by atoms with Crippen LogP contribution < -0.4 is 21.5 Å². The van der Waals surface area contributed by atoms with Gasteiger partial charge in [-0.05, 0) is 60.7 Å². The number of hydrogen-bond donors (Lipinski definition) is 4. The van der Waals surface area contributed by atoms with Crippen LogP contribution in [0.15, 0.2) is 48.5 Å². The van der Waals surface area contributed by atoms with Crippen LogP contribution in [-0.2, 0) is 4.79 Å². The average Bonchev–Trinajstić information content (AvgIpc) is 2.62. The van der Waals surface area contributed by atoms with E-state index < -0.39 is 0 Å². The number of thiocarbonyl (C=S) groups is 1. The fourth-order valence-corrected chi connectivity index (χ4v) is 2.17. The summed E-state index contributed by atoms with van der Waals surface area (Å²) in [5.74, 6) is -1.01. The van der Waals surface area contributed by atoms with E-state index >= 15 is 0 Å². The standard InChI is InChI=1S/C17H16ClFN4O2S/c18-12-3-1-11(2-4-12)16(25)20-10-9-15(24)22-23-17(26)21-14-7-5-13(19)6-8-14/h1-8H,9-10H2,(H,20,25)(H,22,24)(H2,21,23,26). The van der Waals surface area contributed by atoms with Crippen molar-refractivity contribution in [1.82, 2.24) is 16.2 Å². The molecule has 0 saturated carbocycles. The number of carbonyl (C=O) groups excluding carboxylic acids is 2. The van der Waals surface area contributed by atoms with Gasteiger partial charge in [-0.15, -0.1) is 0 Å². The lowest BCUT2D eigenvalue weighted by Crippen LogP contribution is -2.44. The molecule has 0 radical (unpaired) electrons. The minimum absolute atomic E-state index is 0.0610. The van der Waals surface area contributed by atoms with E-state index in [9.17, 15) is 14.0 Å². The number of hydrazine groups is 1. The summed E-state index contributed by atoms with van der Waals surface area (Å²) in [7, 11) is 0. The Morgan fingerprint density at radius 2 is 1.65 bits per heavy atom. The number of halogens is 2. The molecule has 0 spiro atoms. The molecular formula is C17H16ClFN4O2S. The van der Waals surface area contributed by atoms with Crippen molar-refractivity contribution in [2.24, 2.45) is 0 Å². The number of carbonyl (C=O) groups is 2. The van der Waals surface area contributed by atoms with E-state index in [0.717, 1.165) is 0 Å². The van der Waals surface area contributed by atoms with E-state index in [4.69, 9.17) is 23.8 Å². The number of amides is 2. The second kappa shape index (κ2) is 9.69. The summed E-state index contributed by atoms with van der Waals surface area (Å²) in [5, 5.41) is 6.10. The first-order chi connectivity index (χ1) is 12.4. The van der Waals surface area contributed by atoms with Crippen LogP contribution in [0.3, 0.4) is 0 Å². The summed E-state index contributed by atoms with van der Waals surface area (Å²) >= 11 is 10.8. The van der Waals surface area contributed by atoms with Crippen LogP contribution in [-0.4, -0.2) is 23.5 Å². The van der Waals surface area contributed by atoms with Gasteiger partial charge < -0.3 is 10.6 Å². The molecule has 0 unspecified atom stereocenters. The zero-order valence-electron chi connectivity index (χ0n) is 13.5. The SMILES string of the molecule is O=C(CCNC(=O)c1ccc(Cl)cc1)NNC(=S)Nc1ccc(F)cc1. The molecule has 0 fully saturated rings. The number of hydrogen-bond acceptors (Lipinski definition) is 3. The third-order valence-electron chi connectivity index (χ3n) is 3.16. The number of benzene rings is 2. The van der Waals surface area contributed by atoms with Gasteiger partial charge in [0.05, 0.1) is 0 Å². The number of anilines is 1. The lowest BCUT2D eigenvalue weighted by molar-refractivity contribution is -0.121. The van der Waals surface area contributed by atoms with E-state index in [1.165, 1.54) is 24.3 Å². The molecule has 4 N–H and O–H groups in total. The summed E-state index contributed by atoms with van der Waals surface area (Å²) in [5.41, 5.74) is 5.95. The van der Waals surface area contributed by atoms with E-state index in [-0.39, 0.29) is 35.7 Å². The molecule has 9 heteroatoms. The molecule has 0 atom stereocenters. The predicted octanol–water partition coefficient (Wildman–Crippen LogP) is 2.62. The Bertz CT molecular complexity index is 784. The molecule has 26 heavy (non-hydrogen) atoms. The lowest BCUT2D eigenvalue weighted by atomic mass is 10.2. The Kier molecular flexibility index (Phi) is 7.31. The summed E-state index contributed by atoms with van der Waals surface area (Å²) in [4.78, 5) is 23.6. The van der Waals surface area contributed by atoms with Gasteiger partial charge in [0.15, 0.2) is 5.11 Å². The van der Waals surface area contributed by atoms with Crippen molar-refractivity contribution >= 4 is 46.4 Å². The molecule has 6 nitrogen and oxygen atoms in total. The van der Waals surface area contributed by atoms with Gasteiger partial charge in [0, 0.05) is 29.2 Å².